The predicted molar refractivity (Wildman–Crippen MR) is 325 cm³/mol. The summed E-state index contributed by atoms with van der Waals surface area (Å²) in [5.41, 5.74) is 16.5. The summed E-state index contributed by atoms with van der Waals surface area (Å²) in [5.74, 6) is -1.70. The van der Waals surface area contributed by atoms with Crippen LogP contribution in [0.25, 0.3) is 6.08 Å². The van der Waals surface area contributed by atoms with E-state index in [0.717, 1.165) is 50.5 Å². The normalized spacial score (nSPS) is 13.0. The molecule has 3 atom stereocenters. The molecule has 0 saturated carbocycles. The molecule has 5 rings (SSSR count). The second-order valence-corrected chi connectivity index (χ2v) is 22.1. The third-order valence-electron chi connectivity index (χ3n) is 14.2. The van der Waals surface area contributed by atoms with E-state index in [2.05, 4.69) is 50.4 Å². The number of pyridine rings is 1. The minimum absolute atomic E-state index is 0.0357. The number of amidine groups is 1. The number of nitrogens with zero attached hydrogens (tertiary/aromatic N) is 3. The fourth-order valence-electron chi connectivity index (χ4n) is 9.73. The van der Waals surface area contributed by atoms with E-state index in [9.17, 15) is 38.4 Å². The quantitative estimate of drug-likeness (QED) is 0.0216. The van der Waals surface area contributed by atoms with Crippen molar-refractivity contribution in [3.8, 4) is 0 Å². The second kappa shape index (κ2) is 34.3. The van der Waals surface area contributed by atoms with Crippen LogP contribution in [0.2, 0.25) is 0 Å². The number of hydrogen-bond donors (Lipinski definition) is 7. The number of unbranched alkanes of at least 4 members (excludes halogenated alkanes) is 3. The van der Waals surface area contributed by atoms with Crippen LogP contribution in [0, 0.1) is 17.8 Å². The van der Waals surface area contributed by atoms with Crippen LogP contribution in [0.4, 0.5) is 26.7 Å². The zero-order valence-electron chi connectivity index (χ0n) is 49.2. The molecular formula is C64H86N10O9. The number of aliphatic imine (C=N–C) groups is 1. The van der Waals surface area contributed by atoms with Gasteiger partial charge in [-0.15, -0.1) is 0 Å². The number of Topliss-reactive ketones (excluding diaryl/α,β-unsaturated/α-hetero) is 2. The van der Waals surface area contributed by atoms with Crippen molar-refractivity contribution in [1.82, 2.24) is 25.8 Å². The number of alkyl carbamates (subject to hydrolysis) is 1. The highest BCUT2D eigenvalue weighted by atomic mass is 16.5. The number of aryl methyl sites for hydroxylation is 1. The van der Waals surface area contributed by atoms with Crippen LogP contribution >= 0.6 is 0 Å². The van der Waals surface area contributed by atoms with E-state index in [4.69, 9.17) is 16.2 Å². The lowest BCUT2D eigenvalue weighted by Gasteiger charge is -2.24. The first-order chi connectivity index (χ1) is 39.8. The highest BCUT2D eigenvalue weighted by molar-refractivity contribution is 6.08. The third kappa shape index (κ3) is 22.9. The van der Waals surface area contributed by atoms with Gasteiger partial charge in [-0.05, 0) is 110 Å². The number of ketones is 2. The Balaban J connectivity index is 1.16. The molecule has 1 aromatic heterocycles. The highest BCUT2D eigenvalue weighted by Gasteiger charge is 2.30. The number of aromatic nitrogens is 1. The Morgan fingerprint density at radius 2 is 1.45 bits per heavy atom. The van der Waals surface area contributed by atoms with Crippen molar-refractivity contribution in [2.75, 3.05) is 30.3 Å². The molecule has 4 aromatic rings. The average Bonchev–Trinajstić information content (AvgIpc) is 3.95. The van der Waals surface area contributed by atoms with E-state index in [1.807, 2.05) is 62.9 Å². The van der Waals surface area contributed by atoms with Crippen molar-refractivity contribution in [1.29, 1.82) is 0 Å². The molecule has 3 aromatic carbocycles. The third-order valence-corrected chi connectivity index (χ3v) is 14.2. The number of ether oxygens (including phenoxy) is 1. The Labute approximate surface area is 489 Å². The molecule has 9 N–H and O–H groups in total. The summed E-state index contributed by atoms with van der Waals surface area (Å²) in [5, 5.41) is 14.0. The minimum Gasteiger partial charge on any atom is -0.445 e. The van der Waals surface area contributed by atoms with Crippen molar-refractivity contribution >= 4 is 76.3 Å². The van der Waals surface area contributed by atoms with Crippen LogP contribution in [0.1, 0.15) is 158 Å². The Kier molecular flexibility index (Phi) is 27.1. The molecule has 19 nitrogen and oxygen atoms in total. The maximum absolute atomic E-state index is 13.9. The molecule has 0 radical (unpaired) electrons. The number of urea groups is 1. The first-order valence-electron chi connectivity index (χ1n) is 29.3. The number of benzene rings is 3. The predicted octanol–water partition coefficient (Wildman–Crippen LogP) is 9.90. The molecule has 1 aliphatic heterocycles. The van der Waals surface area contributed by atoms with Gasteiger partial charge >= 0.3 is 12.1 Å². The number of anilines is 2. The van der Waals surface area contributed by atoms with E-state index in [-0.39, 0.29) is 86.8 Å². The second-order valence-electron chi connectivity index (χ2n) is 22.1. The number of primary amides is 1. The van der Waals surface area contributed by atoms with Gasteiger partial charge in [-0.3, -0.25) is 33.8 Å². The van der Waals surface area contributed by atoms with Gasteiger partial charge in [-0.1, -0.05) is 116 Å². The van der Waals surface area contributed by atoms with Gasteiger partial charge in [-0.25, -0.2) is 14.6 Å². The molecule has 0 fully saturated rings. The Morgan fingerprint density at radius 3 is 2.13 bits per heavy atom. The van der Waals surface area contributed by atoms with Crippen molar-refractivity contribution in [2.24, 2.45) is 34.2 Å². The molecule has 0 bridgehead atoms. The Morgan fingerprint density at radius 1 is 0.723 bits per heavy atom. The molecule has 3 unspecified atom stereocenters. The van der Waals surface area contributed by atoms with Gasteiger partial charge in [0.2, 0.25) is 17.7 Å². The van der Waals surface area contributed by atoms with Gasteiger partial charge < -0.3 is 47.7 Å². The summed E-state index contributed by atoms with van der Waals surface area (Å²) in [6, 6.07) is 20.3. The fourth-order valence-corrected chi connectivity index (χ4v) is 9.73. The lowest BCUT2D eigenvalue weighted by Crippen LogP contribution is -2.45. The average molecular weight is 1140 g/mol. The maximum Gasteiger partial charge on any atom is 0.408 e. The van der Waals surface area contributed by atoms with E-state index in [1.54, 1.807) is 60.8 Å². The van der Waals surface area contributed by atoms with Crippen molar-refractivity contribution < 1.29 is 43.1 Å². The number of fused-ring (bicyclic) bond motifs is 1. The molecule has 1 aliphatic rings. The van der Waals surface area contributed by atoms with Crippen LogP contribution in [0.5, 0.6) is 0 Å². The topological polar surface area (TPSA) is 286 Å². The van der Waals surface area contributed by atoms with Crippen LogP contribution in [0.15, 0.2) is 102 Å². The van der Waals surface area contributed by atoms with E-state index in [1.165, 1.54) is 6.20 Å². The Bertz CT molecular complexity index is 2880. The maximum atomic E-state index is 13.9. The molecular weight excluding hydrogens is 1050 g/mol. The molecule has 0 spiro atoms. The highest BCUT2D eigenvalue weighted by Crippen LogP contribution is 2.29. The van der Waals surface area contributed by atoms with Gasteiger partial charge in [0.15, 0.2) is 11.6 Å². The Hall–Kier alpha value is -8.22. The van der Waals surface area contributed by atoms with Crippen molar-refractivity contribution in [3.05, 3.63) is 125 Å². The molecule has 446 valence electrons. The van der Waals surface area contributed by atoms with Gasteiger partial charge in [-0.2, -0.15) is 0 Å². The standard InChI is InChI=1S/C64H86N10O9/c1-7-31-74(32-8-2)62(80)50-35-47-25-26-49(36-53(47)71-57(65)38-50)61(79)70-52-33-46(39-67-40-52)24-29-55(75)54(34-44-18-13-11-14-19-44)72-64(82)83-41-45-22-27-51(28-23-45)69-60(78)48(20-16-30-68-63(66)81)37-56(76)59(43(5)6)73-58(77)21-15-10-9-12-17-42(3)4/h11,13-14,18-19,22-23,25-28,33,35-36,39-40,42-43,48,54,59H,7-10,12,15-17,20-21,24,29-32,34,37-38,41H2,1-6H3,(H2,65,71)(H,69,78)(H,70,79)(H,72,82)(H,73,77)(H3,66,68,81). The van der Waals surface area contributed by atoms with Crippen molar-refractivity contribution in [2.45, 2.75) is 157 Å². The minimum atomic E-state index is -0.938. The number of carbonyl (C=O) groups excluding carboxylic acids is 8. The summed E-state index contributed by atoms with van der Waals surface area (Å²) < 4.78 is 5.59. The van der Waals surface area contributed by atoms with Gasteiger partial charge in [0.1, 0.15) is 12.4 Å². The molecule has 0 aliphatic carbocycles. The molecule has 83 heavy (non-hydrogen) atoms. The molecule has 0 saturated heterocycles. The number of hydrogen-bond acceptors (Lipinski definition) is 12. The van der Waals surface area contributed by atoms with E-state index in [0.29, 0.717) is 76.7 Å². The zero-order chi connectivity index (χ0) is 60.3. The van der Waals surface area contributed by atoms with Gasteiger partial charge in [0, 0.05) is 79.8 Å². The number of rotatable bonds is 34. The summed E-state index contributed by atoms with van der Waals surface area (Å²) in [6.07, 6.45) is 12.3. The van der Waals surface area contributed by atoms with Gasteiger partial charge in [0.25, 0.3) is 5.91 Å². The smallest absolute Gasteiger partial charge is 0.408 e. The number of carbonyl (C=O) groups is 8. The summed E-state index contributed by atoms with van der Waals surface area (Å²) in [7, 11) is 0. The summed E-state index contributed by atoms with van der Waals surface area (Å²) >= 11 is 0. The number of nitrogens with one attached hydrogen (secondary N) is 5. The number of amides is 7. The summed E-state index contributed by atoms with van der Waals surface area (Å²) in [4.78, 5) is 117. The van der Waals surface area contributed by atoms with E-state index < -0.39 is 41.9 Å². The SMILES string of the molecule is CCCN(CCC)C(=O)C1=Cc2ccc(C(=O)Nc3cncc(CCC(=O)C(Cc4ccccc4)NC(=O)OCc4ccc(NC(=O)C(CCCNC(N)=O)CC(=O)C(NC(=O)CCCCCCC(C)C)C(C)C)cc4)c3)cc2N=C(N)C1. The monoisotopic (exact) mass is 1140 g/mol. The van der Waals surface area contributed by atoms with Crippen LogP contribution in [-0.2, 0) is 48.2 Å². The number of nitrogens with two attached hydrogens (primary N) is 2. The largest absolute Gasteiger partial charge is 0.445 e. The lowest BCUT2D eigenvalue weighted by atomic mass is 9.89. The first kappa shape index (κ1) is 65.6. The van der Waals surface area contributed by atoms with E-state index >= 15 is 0 Å². The van der Waals surface area contributed by atoms with Crippen molar-refractivity contribution in [3.63, 3.8) is 0 Å². The lowest BCUT2D eigenvalue weighted by molar-refractivity contribution is -0.131. The van der Waals surface area contributed by atoms with Gasteiger partial charge in [0.05, 0.1) is 29.7 Å². The van der Waals surface area contributed by atoms with Crippen LogP contribution in [0.3, 0.4) is 0 Å². The first-order valence-corrected chi connectivity index (χ1v) is 29.3. The fraction of sp³-hybridized carbons (Fsp3) is 0.469. The zero-order valence-corrected chi connectivity index (χ0v) is 49.2. The molecule has 2 heterocycles. The molecule has 19 heteroatoms. The van der Waals surface area contributed by atoms with Crippen LogP contribution < -0.4 is 38.1 Å². The van der Waals surface area contributed by atoms with Crippen LogP contribution in [-0.4, -0.2) is 94.8 Å². The summed E-state index contributed by atoms with van der Waals surface area (Å²) in [6.45, 7) is 13.5. The molecule has 7 amide bonds.